The average Bonchev–Trinajstić information content (AvgIpc) is 2.99. The minimum atomic E-state index is -0.583. The number of hydrogen-bond donors (Lipinski definition) is 2. The topological polar surface area (TPSA) is 75.2 Å². The third kappa shape index (κ3) is 2.41. The van der Waals surface area contributed by atoms with Gasteiger partial charge in [0.1, 0.15) is 11.3 Å². The Labute approximate surface area is 143 Å². The quantitative estimate of drug-likeness (QED) is 0.540. The van der Waals surface area contributed by atoms with Crippen molar-refractivity contribution in [2.45, 2.75) is 6.92 Å². The predicted molar refractivity (Wildman–Crippen MR) is 96.8 cm³/mol. The maximum atomic E-state index is 11.9. The number of nitrogens with zero attached hydrogens (tertiary/aromatic N) is 1. The Morgan fingerprint density at radius 3 is 2.72 bits per heavy atom. The number of pyridine rings is 1. The standard InChI is InChI=1S/C20H16N2O3/c1-11-9-14-13-5-3-4-6-16(13)22-19(14)18(21-11)12-7-8-17(23)15(10-12)20(24)25-2/h3-10,22-23H,1-2H3. The van der Waals surface area contributed by atoms with Crippen molar-refractivity contribution in [1.82, 2.24) is 9.97 Å². The molecule has 0 saturated heterocycles. The highest BCUT2D eigenvalue weighted by atomic mass is 16.5. The molecule has 0 saturated carbocycles. The zero-order valence-corrected chi connectivity index (χ0v) is 13.8. The Balaban J connectivity index is 2.03. The minimum absolute atomic E-state index is 0.115. The van der Waals surface area contributed by atoms with Crippen molar-refractivity contribution in [1.29, 1.82) is 0 Å². The van der Waals surface area contributed by atoms with Gasteiger partial charge in [-0.25, -0.2) is 4.79 Å². The lowest BCUT2D eigenvalue weighted by molar-refractivity contribution is 0.0597. The number of aromatic hydroxyl groups is 1. The summed E-state index contributed by atoms with van der Waals surface area (Å²) in [4.78, 5) is 19.9. The molecule has 0 aliphatic rings. The number of aromatic nitrogens is 2. The fourth-order valence-corrected chi connectivity index (χ4v) is 3.14. The molecule has 2 heterocycles. The number of hydrogen-bond acceptors (Lipinski definition) is 4. The molecule has 0 aliphatic carbocycles. The molecule has 0 fully saturated rings. The molecule has 2 aromatic heterocycles. The number of nitrogens with one attached hydrogen (secondary N) is 1. The summed E-state index contributed by atoms with van der Waals surface area (Å²) in [5, 5.41) is 12.1. The van der Waals surface area contributed by atoms with Crippen LogP contribution in [0.4, 0.5) is 0 Å². The molecule has 0 bridgehead atoms. The number of phenolic OH excluding ortho intramolecular Hbond substituents is 1. The van der Waals surface area contributed by atoms with Gasteiger partial charge in [-0.15, -0.1) is 0 Å². The summed E-state index contributed by atoms with van der Waals surface area (Å²) in [6.07, 6.45) is 0. The smallest absolute Gasteiger partial charge is 0.341 e. The van der Waals surface area contributed by atoms with E-state index in [1.54, 1.807) is 12.1 Å². The minimum Gasteiger partial charge on any atom is -0.507 e. The number of benzene rings is 2. The lowest BCUT2D eigenvalue weighted by Crippen LogP contribution is -2.02. The van der Waals surface area contributed by atoms with E-state index in [9.17, 15) is 9.90 Å². The molecule has 0 unspecified atom stereocenters. The van der Waals surface area contributed by atoms with Crippen LogP contribution in [0.3, 0.4) is 0 Å². The molecule has 124 valence electrons. The molecule has 5 heteroatoms. The van der Waals surface area contributed by atoms with Crippen molar-refractivity contribution < 1.29 is 14.6 Å². The Morgan fingerprint density at radius 1 is 1.12 bits per heavy atom. The van der Waals surface area contributed by atoms with Crippen LogP contribution in [-0.2, 0) is 4.74 Å². The van der Waals surface area contributed by atoms with Crippen molar-refractivity contribution >= 4 is 27.8 Å². The molecule has 2 aromatic carbocycles. The van der Waals surface area contributed by atoms with Crippen LogP contribution in [0.2, 0.25) is 0 Å². The number of para-hydroxylation sites is 1. The first-order chi connectivity index (χ1) is 12.1. The largest absolute Gasteiger partial charge is 0.507 e. The summed E-state index contributed by atoms with van der Waals surface area (Å²) in [6, 6.07) is 14.9. The molecule has 2 N–H and O–H groups in total. The Morgan fingerprint density at radius 2 is 1.92 bits per heavy atom. The van der Waals surface area contributed by atoms with Crippen LogP contribution in [0, 0.1) is 6.92 Å². The molecule has 0 aliphatic heterocycles. The van der Waals surface area contributed by atoms with Crippen LogP contribution >= 0.6 is 0 Å². The number of phenols is 1. The van der Waals surface area contributed by atoms with Gasteiger partial charge in [-0.05, 0) is 37.3 Å². The van der Waals surface area contributed by atoms with Gasteiger partial charge >= 0.3 is 5.97 Å². The van der Waals surface area contributed by atoms with Crippen molar-refractivity contribution in [2.75, 3.05) is 7.11 Å². The van der Waals surface area contributed by atoms with E-state index in [4.69, 9.17) is 4.74 Å². The second kappa shape index (κ2) is 5.63. The van der Waals surface area contributed by atoms with E-state index < -0.39 is 5.97 Å². The van der Waals surface area contributed by atoms with E-state index in [-0.39, 0.29) is 11.3 Å². The number of methoxy groups -OCH3 is 1. The highest BCUT2D eigenvalue weighted by molar-refractivity contribution is 6.11. The summed E-state index contributed by atoms with van der Waals surface area (Å²) in [5.41, 5.74) is 4.38. The van der Waals surface area contributed by atoms with E-state index in [0.717, 1.165) is 38.8 Å². The molecule has 0 radical (unpaired) electrons. The van der Waals surface area contributed by atoms with E-state index in [0.29, 0.717) is 0 Å². The van der Waals surface area contributed by atoms with Crippen molar-refractivity contribution in [2.24, 2.45) is 0 Å². The number of fused-ring (bicyclic) bond motifs is 3. The highest BCUT2D eigenvalue weighted by Gasteiger charge is 2.16. The third-order valence-electron chi connectivity index (χ3n) is 4.30. The van der Waals surface area contributed by atoms with Gasteiger partial charge in [-0.1, -0.05) is 18.2 Å². The first kappa shape index (κ1) is 15.2. The van der Waals surface area contributed by atoms with Gasteiger partial charge in [0.05, 0.1) is 18.3 Å². The van der Waals surface area contributed by atoms with Crippen LogP contribution in [-0.4, -0.2) is 28.2 Å². The monoisotopic (exact) mass is 332 g/mol. The highest BCUT2D eigenvalue weighted by Crippen LogP contribution is 2.34. The second-order valence-electron chi connectivity index (χ2n) is 5.93. The van der Waals surface area contributed by atoms with Crippen LogP contribution < -0.4 is 0 Å². The lowest BCUT2D eigenvalue weighted by atomic mass is 10.0. The van der Waals surface area contributed by atoms with Gasteiger partial charge in [-0.3, -0.25) is 4.98 Å². The fraction of sp³-hybridized carbons (Fsp3) is 0.100. The molecule has 4 aromatic rings. The third-order valence-corrected chi connectivity index (χ3v) is 4.30. The van der Waals surface area contributed by atoms with E-state index >= 15 is 0 Å². The first-order valence-electron chi connectivity index (χ1n) is 7.88. The first-order valence-corrected chi connectivity index (χ1v) is 7.88. The number of aryl methyl sites for hydroxylation is 1. The number of carbonyl (C=O) groups is 1. The summed E-state index contributed by atoms with van der Waals surface area (Å²) >= 11 is 0. The number of carbonyl (C=O) groups excluding carboxylic acids is 1. The van der Waals surface area contributed by atoms with E-state index in [1.807, 2.05) is 31.2 Å². The predicted octanol–water partition coefficient (Wildman–Crippen LogP) is 4.18. The van der Waals surface area contributed by atoms with Gasteiger partial charge in [0.25, 0.3) is 0 Å². The van der Waals surface area contributed by atoms with Crippen LogP contribution in [0.1, 0.15) is 16.1 Å². The number of ether oxygens (including phenoxy) is 1. The van der Waals surface area contributed by atoms with Gasteiger partial charge < -0.3 is 14.8 Å². The van der Waals surface area contributed by atoms with Gasteiger partial charge in [0, 0.05) is 27.5 Å². The van der Waals surface area contributed by atoms with E-state index in [1.165, 1.54) is 13.2 Å². The molecular weight excluding hydrogens is 316 g/mol. The van der Waals surface area contributed by atoms with Crippen molar-refractivity contribution in [3.8, 4) is 17.0 Å². The van der Waals surface area contributed by atoms with Crippen LogP contribution in [0.5, 0.6) is 5.75 Å². The molecule has 25 heavy (non-hydrogen) atoms. The van der Waals surface area contributed by atoms with Crippen LogP contribution in [0.25, 0.3) is 33.1 Å². The van der Waals surface area contributed by atoms with E-state index in [2.05, 4.69) is 16.0 Å². The van der Waals surface area contributed by atoms with Gasteiger partial charge in [-0.2, -0.15) is 0 Å². The fourth-order valence-electron chi connectivity index (χ4n) is 3.14. The van der Waals surface area contributed by atoms with Crippen molar-refractivity contribution in [3.05, 3.63) is 59.8 Å². The molecule has 5 nitrogen and oxygen atoms in total. The number of H-pyrrole nitrogens is 1. The molecular formula is C20H16N2O3. The summed E-state index contributed by atoms with van der Waals surface area (Å²) in [5.74, 6) is -0.698. The summed E-state index contributed by atoms with van der Waals surface area (Å²) < 4.78 is 4.74. The maximum Gasteiger partial charge on any atom is 0.341 e. The lowest BCUT2D eigenvalue weighted by Gasteiger charge is -2.08. The SMILES string of the molecule is COC(=O)c1cc(-c2nc(C)cc3c2[nH]c2ccccc23)ccc1O. The normalized spacial score (nSPS) is 11.1. The summed E-state index contributed by atoms with van der Waals surface area (Å²) in [7, 11) is 1.29. The maximum absolute atomic E-state index is 11.9. The molecule has 0 spiro atoms. The molecule has 4 rings (SSSR count). The van der Waals surface area contributed by atoms with Gasteiger partial charge in [0.2, 0.25) is 0 Å². The van der Waals surface area contributed by atoms with Gasteiger partial charge in [0.15, 0.2) is 0 Å². The molecule has 0 amide bonds. The second-order valence-corrected chi connectivity index (χ2v) is 5.93. The number of rotatable bonds is 2. The molecule has 0 atom stereocenters. The Bertz CT molecular complexity index is 1130. The van der Waals surface area contributed by atoms with Crippen LogP contribution in [0.15, 0.2) is 48.5 Å². The Kier molecular flexibility index (Phi) is 3.42. The Hall–Kier alpha value is -3.34. The number of esters is 1. The zero-order valence-electron chi connectivity index (χ0n) is 13.8. The summed E-state index contributed by atoms with van der Waals surface area (Å²) in [6.45, 7) is 1.94. The number of aromatic amines is 1. The average molecular weight is 332 g/mol. The zero-order chi connectivity index (χ0) is 17.6. The van der Waals surface area contributed by atoms with Crippen molar-refractivity contribution in [3.63, 3.8) is 0 Å².